The molecular formula is C17H26F3N3O2. The van der Waals surface area contributed by atoms with E-state index in [9.17, 15) is 13.2 Å². The van der Waals surface area contributed by atoms with Gasteiger partial charge in [0.15, 0.2) is 5.96 Å². The summed E-state index contributed by atoms with van der Waals surface area (Å²) in [5.41, 5.74) is 1.10. The molecule has 1 aromatic carbocycles. The molecule has 0 fully saturated rings. The van der Waals surface area contributed by atoms with E-state index >= 15 is 0 Å². The van der Waals surface area contributed by atoms with E-state index in [1.165, 1.54) is 0 Å². The van der Waals surface area contributed by atoms with Crippen LogP contribution in [0.5, 0.6) is 5.75 Å². The Morgan fingerprint density at radius 1 is 1.24 bits per heavy atom. The van der Waals surface area contributed by atoms with E-state index in [1.54, 1.807) is 7.05 Å². The number of rotatable bonds is 9. The molecule has 1 N–H and O–H groups in total. The maximum Gasteiger partial charge on any atom is 0.411 e. The normalized spacial score (nSPS) is 12.2. The van der Waals surface area contributed by atoms with Crippen molar-refractivity contribution in [2.24, 2.45) is 4.99 Å². The molecule has 0 spiro atoms. The van der Waals surface area contributed by atoms with Crippen molar-refractivity contribution in [3.05, 3.63) is 29.8 Å². The summed E-state index contributed by atoms with van der Waals surface area (Å²) in [5.74, 6) is 1.50. The number of nitrogens with zero attached hydrogens (tertiary/aromatic N) is 2. The summed E-state index contributed by atoms with van der Waals surface area (Å²) in [7, 11) is 3.56. The van der Waals surface area contributed by atoms with Gasteiger partial charge >= 0.3 is 6.18 Å². The molecule has 0 heterocycles. The summed E-state index contributed by atoms with van der Waals surface area (Å²) in [6, 6.07) is 7.81. The highest BCUT2D eigenvalue weighted by atomic mass is 19.4. The van der Waals surface area contributed by atoms with Crippen molar-refractivity contribution in [2.45, 2.75) is 26.1 Å². The second-order valence-electron chi connectivity index (χ2n) is 5.43. The predicted molar refractivity (Wildman–Crippen MR) is 91.9 cm³/mol. The zero-order chi connectivity index (χ0) is 18.7. The number of nitrogens with one attached hydrogen (secondary N) is 1. The van der Waals surface area contributed by atoms with Crippen LogP contribution in [-0.2, 0) is 11.3 Å². The fourth-order valence-corrected chi connectivity index (χ4v) is 2.15. The van der Waals surface area contributed by atoms with Gasteiger partial charge < -0.3 is 19.7 Å². The standard InChI is InChI=1S/C17H26F3N3O2/c1-4-25-15-8-6-14(7-9-15)12-23(3)16(21-2)22-10-5-11-24-13-17(18,19)20/h6-9H,4-5,10-13H2,1-3H3,(H,21,22). The molecule has 0 aromatic heterocycles. The van der Waals surface area contributed by atoms with E-state index in [1.807, 2.05) is 43.1 Å². The first-order valence-electron chi connectivity index (χ1n) is 8.13. The van der Waals surface area contributed by atoms with Crippen LogP contribution in [0.2, 0.25) is 0 Å². The van der Waals surface area contributed by atoms with Gasteiger partial charge in [-0.1, -0.05) is 12.1 Å². The average molecular weight is 361 g/mol. The molecule has 0 amide bonds. The summed E-state index contributed by atoms with van der Waals surface area (Å²) < 4.78 is 45.8. The lowest BCUT2D eigenvalue weighted by molar-refractivity contribution is -0.173. The van der Waals surface area contributed by atoms with Gasteiger partial charge in [-0.05, 0) is 31.0 Å². The molecule has 25 heavy (non-hydrogen) atoms. The van der Waals surface area contributed by atoms with Crippen molar-refractivity contribution in [2.75, 3.05) is 40.5 Å². The molecule has 142 valence electrons. The second kappa shape index (κ2) is 10.8. The molecule has 0 radical (unpaired) electrons. The van der Waals surface area contributed by atoms with Crippen LogP contribution in [0, 0.1) is 0 Å². The summed E-state index contributed by atoms with van der Waals surface area (Å²) in [6.07, 6.45) is -3.81. The van der Waals surface area contributed by atoms with E-state index in [2.05, 4.69) is 15.0 Å². The molecule has 0 aliphatic heterocycles. The Morgan fingerprint density at radius 3 is 2.48 bits per heavy atom. The molecule has 0 unspecified atom stereocenters. The van der Waals surface area contributed by atoms with Gasteiger partial charge in [-0.15, -0.1) is 0 Å². The lowest BCUT2D eigenvalue weighted by Gasteiger charge is -2.22. The summed E-state index contributed by atoms with van der Waals surface area (Å²) in [6.45, 7) is 2.54. The van der Waals surface area contributed by atoms with Crippen molar-refractivity contribution >= 4 is 5.96 Å². The Bertz CT molecular complexity index is 519. The molecule has 0 saturated heterocycles. The predicted octanol–water partition coefficient (Wildman–Crippen LogP) is 3.06. The third kappa shape index (κ3) is 9.19. The number of aliphatic imine (C=N–C) groups is 1. The van der Waals surface area contributed by atoms with Crippen molar-refractivity contribution in [3.63, 3.8) is 0 Å². The second-order valence-corrected chi connectivity index (χ2v) is 5.43. The highest BCUT2D eigenvalue weighted by Gasteiger charge is 2.27. The van der Waals surface area contributed by atoms with E-state index in [-0.39, 0.29) is 6.61 Å². The van der Waals surface area contributed by atoms with Gasteiger partial charge in [0.1, 0.15) is 12.4 Å². The molecule has 8 heteroatoms. The topological polar surface area (TPSA) is 46.1 Å². The quantitative estimate of drug-likeness (QED) is 0.417. The number of benzene rings is 1. The Labute approximate surface area is 146 Å². The number of halogens is 3. The minimum atomic E-state index is -4.28. The number of guanidine groups is 1. The van der Waals surface area contributed by atoms with Crippen LogP contribution in [0.15, 0.2) is 29.3 Å². The van der Waals surface area contributed by atoms with Gasteiger partial charge in [-0.25, -0.2) is 0 Å². The SMILES string of the molecule is CCOc1ccc(CN(C)C(=NC)NCCCOCC(F)(F)F)cc1. The zero-order valence-electron chi connectivity index (χ0n) is 14.9. The van der Waals surface area contributed by atoms with Crippen LogP contribution in [0.1, 0.15) is 18.9 Å². The van der Waals surface area contributed by atoms with Crippen LogP contribution in [0.4, 0.5) is 13.2 Å². The van der Waals surface area contributed by atoms with E-state index in [0.717, 1.165) is 11.3 Å². The van der Waals surface area contributed by atoms with E-state index in [0.29, 0.717) is 32.1 Å². The maximum atomic E-state index is 12.0. The summed E-state index contributed by atoms with van der Waals surface area (Å²) in [4.78, 5) is 6.11. The average Bonchev–Trinajstić information content (AvgIpc) is 2.55. The summed E-state index contributed by atoms with van der Waals surface area (Å²) >= 11 is 0. The first-order chi connectivity index (χ1) is 11.9. The lowest BCUT2D eigenvalue weighted by atomic mass is 10.2. The highest BCUT2D eigenvalue weighted by Crippen LogP contribution is 2.14. The van der Waals surface area contributed by atoms with Gasteiger partial charge in [-0.2, -0.15) is 13.2 Å². The minimum Gasteiger partial charge on any atom is -0.494 e. The summed E-state index contributed by atoms with van der Waals surface area (Å²) in [5, 5.41) is 3.11. The van der Waals surface area contributed by atoms with Crippen LogP contribution in [0.25, 0.3) is 0 Å². The third-order valence-corrected chi connectivity index (χ3v) is 3.24. The number of hydrogen-bond donors (Lipinski definition) is 1. The largest absolute Gasteiger partial charge is 0.494 e. The Kier molecular flexibility index (Phi) is 9.12. The number of hydrogen-bond acceptors (Lipinski definition) is 3. The first-order valence-corrected chi connectivity index (χ1v) is 8.13. The van der Waals surface area contributed by atoms with Crippen molar-refractivity contribution in [3.8, 4) is 5.75 Å². The molecule has 0 aliphatic carbocycles. The zero-order valence-corrected chi connectivity index (χ0v) is 14.9. The van der Waals surface area contributed by atoms with Gasteiger partial charge in [0.05, 0.1) is 6.61 Å². The molecule has 0 atom stereocenters. The lowest BCUT2D eigenvalue weighted by Crippen LogP contribution is -2.39. The minimum absolute atomic E-state index is 0.0477. The monoisotopic (exact) mass is 361 g/mol. The fraction of sp³-hybridized carbons (Fsp3) is 0.588. The molecule has 0 aliphatic rings. The number of alkyl halides is 3. The fourth-order valence-electron chi connectivity index (χ4n) is 2.15. The molecule has 0 bridgehead atoms. The van der Waals surface area contributed by atoms with Crippen LogP contribution < -0.4 is 10.1 Å². The first kappa shape index (κ1) is 21.1. The Morgan fingerprint density at radius 2 is 1.92 bits per heavy atom. The van der Waals surface area contributed by atoms with Crippen LogP contribution in [-0.4, -0.2) is 57.5 Å². The van der Waals surface area contributed by atoms with Crippen LogP contribution >= 0.6 is 0 Å². The van der Waals surface area contributed by atoms with Crippen LogP contribution in [0.3, 0.4) is 0 Å². The van der Waals surface area contributed by atoms with Crippen molar-refractivity contribution in [1.82, 2.24) is 10.2 Å². The van der Waals surface area contributed by atoms with Gasteiger partial charge in [-0.3, -0.25) is 4.99 Å². The van der Waals surface area contributed by atoms with Gasteiger partial charge in [0.25, 0.3) is 0 Å². The van der Waals surface area contributed by atoms with Gasteiger partial charge in [0, 0.05) is 33.8 Å². The molecule has 1 aromatic rings. The van der Waals surface area contributed by atoms with Crippen molar-refractivity contribution < 1.29 is 22.6 Å². The Balaban J connectivity index is 2.33. The molecular weight excluding hydrogens is 335 g/mol. The third-order valence-electron chi connectivity index (χ3n) is 3.24. The maximum absolute atomic E-state index is 12.0. The molecule has 5 nitrogen and oxygen atoms in total. The van der Waals surface area contributed by atoms with Gasteiger partial charge in [0.2, 0.25) is 0 Å². The molecule has 1 rings (SSSR count). The molecule has 0 saturated carbocycles. The van der Waals surface area contributed by atoms with Crippen molar-refractivity contribution in [1.29, 1.82) is 0 Å². The smallest absolute Gasteiger partial charge is 0.411 e. The van der Waals surface area contributed by atoms with E-state index < -0.39 is 12.8 Å². The Hall–Kier alpha value is -1.96. The van der Waals surface area contributed by atoms with E-state index in [4.69, 9.17) is 4.74 Å². The highest BCUT2D eigenvalue weighted by molar-refractivity contribution is 5.79. The number of ether oxygens (including phenoxy) is 2.